The van der Waals surface area contributed by atoms with Crippen LogP contribution in [0.5, 0.6) is 0 Å². The van der Waals surface area contributed by atoms with Crippen molar-refractivity contribution in [1.29, 1.82) is 5.26 Å². The molecule has 5 aromatic carbocycles. The first-order valence-corrected chi connectivity index (χ1v) is 19.8. The molecule has 0 saturated carbocycles. The number of hydrogen-bond acceptors (Lipinski definition) is 2. The highest BCUT2D eigenvalue weighted by atomic mass is 32.1. The fraction of sp³-hybridized carbons (Fsp3) is 0.209. The number of aromatic nitrogens is 1. The van der Waals surface area contributed by atoms with Crippen molar-refractivity contribution in [2.75, 3.05) is 0 Å². The molecule has 2 nitrogen and oxygen atoms in total. The highest BCUT2D eigenvalue weighted by Gasteiger charge is 2.47. The zero-order chi connectivity index (χ0) is 53.7. The summed E-state index contributed by atoms with van der Waals surface area (Å²) in [7, 11) is 0. The van der Waals surface area contributed by atoms with E-state index in [1.54, 1.807) is 11.3 Å². The van der Waals surface area contributed by atoms with Gasteiger partial charge in [-0.15, -0.1) is 0 Å². The second-order valence-electron chi connectivity index (χ2n) is 15.2. The number of hydrogen-bond donors (Lipinski definition) is 0. The van der Waals surface area contributed by atoms with Crippen LogP contribution < -0.4 is 26.4 Å². The van der Waals surface area contributed by atoms with Gasteiger partial charge in [-0.05, 0) is 36.4 Å². The molecule has 71 heavy (non-hydrogen) atoms. The first-order valence-electron chi connectivity index (χ1n) is 18.9. The van der Waals surface area contributed by atoms with Crippen LogP contribution in [0.3, 0.4) is 0 Å². The molecule has 0 fully saturated rings. The molecule has 1 heterocycles. The minimum Gasteiger partial charge on any atom is -0.194 e. The van der Waals surface area contributed by atoms with Gasteiger partial charge in [-0.25, -0.2) is 0 Å². The maximum Gasteiger partial charge on any atom is 0.416 e. The molecule has 1 aromatic heterocycles. The van der Waals surface area contributed by atoms with Crippen molar-refractivity contribution < 1.29 is 110 Å². The molecule has 0 unspecified atom stereocenters. The summed E-state index contributed by atoms with van der Waals surface area (Å²) >= 11 is 1.68. The average Bonchev–Trinajstić information content (AvgIpc) is 3.75. The Hall–Kier alpha value is -6.40. The molecular weight excluding hydrogens is 1040 g/mol. The zero-order valence-corrected chi connectivity index (χ0v) is 34.9. The second kappa shape index (κ2) is 19.0. The summed E-state index contributed by atoms with van der Waals surface area (Å²) in [4.78, 5) is 0. The van der Waals surface area contributed by atoms with Crippen molar-refractivity contribution in [3.8, 4) is 6.07 Å². The quantitative estimate of drug-likeness (QED) is 0.0928. The molecule has 28 heteroatoms. The highest BCUT2D eigenvalue weighted by molar-refractivity contribution is 7.20. The summed E-state index contributed by atoms with van der Waals surface area (Å²) in [5.74, 6) is 0. The van der Waals surface area contributed by atoms with Crippen molar-refractivity contribution in [1.82, 2.24) is 0 Å². The lowest BCUT2D eigenvalue weighted by atomic mass is 9.12. The SMILES string of the molecule is FC(F)(F)c1cc([B-](c2cc(C(F)(F)F)cc(C(F)(F)F)c2)(c2cc(C(F)(F)F)cc(C(F)(F)F)c2)c2cc(C(F)(F)F)cc(C(F)(F)F)c2)cc(C(F)(F)F)c1.N#Cc1ccc(C[n+]2ccsc2)cc1. The van der Waals surface area contributed by atoms with Crippen LogP contribution >= 0.6 is 11.3 Å². The van der Waals surface area contributed by atoms with Crippen molar-refractivity contribution in [2.45, 2.75) is 56.0 Å². The number of thiazole rings is 1. The van der Waals surface area contributed by atoms with Gasteiger partial charge in [-0.1, -0.05) is 72.0 Å². The molecule has 0 atom stereocenters. The predicted molar refractivity (Wildman–Crippen MR) is 205 cm³/mol. The van der Waals surface area contributed by atoms with Crippen LogP contribution in [-0.4, -0.2) is 6.15 Å². The van der Waals surface area contributed by atoms with Crippen LogP contribution in [-0.2, 0) is 56.0 Å². The molecule has 0 radical (unpaired) electrons. The minimum atomic E-state index is -6.13. The number of halogens is 24. The summed E-state index contributed by atoms with van der Waals surface area (Å²) in [5, 5.41) is 10.7. The van der Waals surface area contributed by atoms with E-state index in [9.17, 15) is 105 Å². The van der Waals surface area contributed by atoms with Crippen LogP contribution in [0.1, 0.15) is 55.6 Å². The molecule has 0 saturated heterocycles. The largest absolute Gasteiger partial charge is 0.416 e. The van der Waals surface area contributed by atoms with E-state index < -0.39 is 195 Å². The van der Waals surface area contributed by atoms with E-state index in [1.807, 2.05) is 35.8 Å². The summed E-state index contributed by atoms with van der Waals surface area (Å²) in [5.41, 5.74) is -26.2. The zero-order valence-electron chi connectivity index (χ0n) is 34.1. The molecule has 0 amide bonds. The molecule has 6 rings (SSSR count). The standard InChI is InChI=1S/C32H12BF24.C11H9N2S/c34-25(35,36)13-1-14(26(37,38)39)6-21(5-13)33(22-7-15(27(40,41)42)2-16(8-22)28(43,44)45,23-9-17(29(46,47)48)3-18(10-23)30(49,50)51)24-11-19(31(52,53)54)4-20(12-24)32(55,56)57;12-7-10-1-3-11(4-2-10)8-13-5-6-14-9-13/h1-12H;1-6,9H,8H2/q-1;+1. The van der Waals surface area contributed by atoms with Gasteiger partial charge in [0.05, 0.1) is 61.5 Å². The predicted octanol–water partition coefficient (Wildman–Crippen LogP) is 13.2. The summed E-state index contributed by atoms with van der Waals surface area (Å²) < 4.78 is 343. The fourth-order valence-electron chi connectivity index (χ4n) is 7.32. The van der Waals surface area contributed by atoms with Gasteiger partial charge in [-0.3, -0.25) is 0 Å². The van der Waals surface area contributed by atoms with Gasteiger partial charge in [0, 0.05) is 5.56 Å². The van der Waals surface area contributed by atoms with Crippen LogP contribution in [0.15, 0.2) is 114 Å². The van der Waals surface area contributed by atoms with Crippen LogP contribution in [0.4, 0.5) is 105 Å². The molecule has 0 spiro atoms. The van der Waals surface area contributed by atoms with Crippen molar-refractivity contribution in [3.05, 3.63) is 170 Å². The third kappa shape index (κ3) is 12.9. The first-order chi connectivity index (χ1) is 32.1. The van der Waals surface area contributed by atoms with Gasteiger partial charge in [0.25, 0.3) is 0 Å². The van der Waals surface area contributed by atoms with Crippen LogP contribution in [0.25, 0.3) is 0 Å². The Balaban J connectivity index is 0.000000569. The summed E-state index contributed by atoms with van der Waals surface area (Å²) in [6, 6.07) is 0.976. The van der Waals surface area contributed by atoms with Gasteiger partial charge in [0.1, 0.15) is 6.15 Å². The van der Waals surface area contributed by atoms with E-state index in [2.05, 4.69) is 16.1 Å². The Kier molecular flexibility index (Phi) is 14.8. The average molecular weight is 1060 g/mol. The van der Waals surface area contributed by atoms with E-state index in [0.717, 1.165) is 6.54 Å². The number of nitrogens with zero attached hydrogens (tertiary/aromatic N) is 2. The lowest BCUT2D eigenvalue weighted by Crippen LogP contribution is -2.75. The third-order valence-corrected chi connectivity index (χ3v) is 11.1. The molecule has 0 bridgehead atoms. The van der Waals surface area contributed by atoms with Crippen molar-refractivity contribution in [3.63, 3.8) is 0 Å². The summed E-state index contributed by atoms with van der Waals surface area (Å²) in [6.07, 6.45) is -52.8. The smallest absolute Gasteiger partial charge is 0.194 e. The molecule has 0 aliphatic carbocycles. The Morgan fingerprint density at radius 2 is 0.620 bits per heavy atom. The molecule has 0 N–H and O–H groups in total. The van der Waals surface area contributed by atoms with E-state index in [1.165, 1.54) is 5.56 Å². The van der Waals surface area contributed by atoms with Gasteiger partial charge in [0.15, 0.2) is 12.7 Å². The van der Waals surface area contributed by atoms with E-state index in [-0.39, 0.29) is 0 Å². The molecule has 6 aromatic rings. The highest BCUT2D eigenvalue weighted by Crippen LogP contribution is 2.41. The lowest BCUT2D eigenvalue weighted by molar-refractivity contribution is -0.683. The van der Waals surface area contributed by atoms with Gasteiger partial charge in [0.2, 0.25) is 5.51 Å². The van der Waals surface area contributed by atoms with Gasteiger partial charge < -0.3 is 0 Å². The number of rotatable bonds is 6. The minimum absolute atomic E-state index is 0.691. The monoisotopic (exact) mass is 1060 g/mol. The van der Waals surface area contributed by atoms with Crippen molar-refractivity contribution in [2.24, 2.45) is 0 Å². The third-order valence-electron chi connectivity index (χ3n) is 10.4. The van der Waals surface area contributed by atoms with Crippen LogP contribution in [0.2, 0.25) is 0 Å². The maximum absolute atomic E-state index is 14.2. The van der Waals surface area contributed by atoms with Crippen molar-refractivity contribution >= 4 is 39.3 Å². The Labute approximate surface area is 385 Å². The van der Waals surface area contributed by atoms with Gasteiger partial charge >= 0.3 is 49.4 Å². The second-order valence-corrected chi connectivity index (χ2v) is 16.0. The van der Waals surface area contributed by atoms with Gasteiger partial charge in [-0.2, -0.15) is 137 Å². The molecule has 0 aliphatic rings. The Morgan fingerprint density at radius 1 is 0.380 bits per heavy atom. The first kappa shape index (κ1) is 55.5. The topological polar surface area (TPSA) is 27.7 Å². The lowest BCUT2D eigenvalue weighted by Gasteiger charge is -2.46. The maximum atomic E-state index is 14.2. The molecular formula is C43H21BF24N2S. The number of alkyl halides is 24. The summed E-state index contributed by atoms with van der Waals surface area (Å²) in [6.45, 7) is 0.870. The molecule has 380 valence electrons. The number of nitriles is 1. The molecule has 0 aliphatic heterocycles. The fourth-order valence-corrected chi connectivity index (χ4v) is 7.92. The number of benzene rings is 5. The van der Waals surface area contributed by atoms with E-state index in [0.29, 0.717) is 5.56 Å². The Bertz CT molecular complexity index is 2460. The van der Waals surface area contributed by atoms with E-state index in [4.69, 9.17) is 5.26 Å². The van der Waals surface area contributed by atoms with E-state index >= 15 is 0 Å². The van der Waals surface area contributed by atoms with Crippen LogP contribution in [0, 0.1) is 11.3 Å². The normalized spacial score (nSPS) is 13.4. The Morgan fingerprint density at radius 3 is 0.803 bits per heavy atom.